The third kappa shape index (κ3) is 5.19. The molecule has 0 aliphatic heterocycles. The van der Waals surface area contributed by atoms with E-state index >= 15 is 0 Å². The van der Waals surface area contributed by atoms with Gasteiger partial charge in [0.2, 0.25) is 0 Å². The van der Waals surface area contributed by atoms with Gasteiger partial charge in [-0.25, -0.2) is 0 Å². The quantitative estimate of drug-likeness (QED) is 0.623. The Bertz CT molecular complexity index is 540. The van der Waals surface area contributed by atoms with E-state index in [0.717, 1.165) is 17.8 Å². The summed E-state index contributed by atoms with van der Waals surface area (Å²) in [6.45, 7) is 3.88. The minimum absolute atomic E-state index is 0.0497. The van der Waals surface area contributed by atoms with E-state index in [1.54, 1.807) is 0 Å². The number of amides is 1. The lowest BCUT2D eigenvalue weighted by atomic mass is 10.2. The number of carbonyl (C=O) groups is 1. The first-order chi connectivity index (χ1) is 9.97. The molecule has 0 aliphatic carbocycles. The van der Waals surface area contributed by atoms with E-state index in [1.807, 2.05) is 63.2 Å². The highest BCUT2D eigenvalue weighted by molar-refractivity contribution is 5.97. The van der Waals surface area contributed by atoms with E-state index in [1.165, 1.54) is 6.20 Å². The molecule has 0 aromatic heterocycles. The zero-order chi connectivity index (χ0) is 15.8. The minimum atomic E-state index is -0.357. The third-order valence-corrected chi connectivity index (χ3v) is 3.12. The maximum Gasteiger partial charge on any atom is 0.263 e. The Morgan fingerprint density at radius 1 is 1.38 bits per heavy atom. The number of rotatable bonds is 6. The number of anilines is 2. The molecule has 5 nitrogen and oxygen atoms in total. The monoisotopic (exact) mass is 286 g/mol. The summed E-state index contributed by atoms with van der Waals surface area (Å²) < 4.78 is 0. The van der Waals surface area contributed by atoms with Crippen LogP contribution in [0.15, 0.2) is 36.0 Å². The average Bonchev–Trinajstić information content (AvgIpc) is 2.48. The molecule has 0 bridgehead atoms. The van der Waals surface area contributed by atoms with E-state index in [0.29, 0.717) is 0 Å². The maximum absolute atomic E-state index is 11.9. The van der Waals surface area contributed by atoms with Crippen LogP contribution in [-0.4, -0.2) is 26.0 Å². The van der Waals surface area contributed by atoms with Crippen molar-refractivity contribution in [3.8, 4) is 6.07 Å². The normalized spacial score (nSPS) is 12.2. The lowest BCUT2D eigenvalue weighted by Crippen LogP contribution is -2.33. The van der Waals surface area contributed by atoms with Gasteiger partial charge in [0.1, 0.15) is 11.6 Å². The predicted octanol–water partition coefficient (Wildman–Crippen LogP) is 2.49. The van der Waals surface area contributed by atoms with Gasteiger partial charge in [-0.05, 0) is 37.6 Å². The predicted molar refractivity (Wildman–Crippen MR) is 86.0 cm³/mol. The standard InChI is InChI=1S/C16H22N4O/c1-5-12(2)19-16(21)13(10-17)11-18-14-6-8-15(9-7-14)20(3)4/h6-9,11-12,18H,5H2,1-4H3,(H,19,21)/b13-11-. The second kappa shape index (κ2) is 7.95. The first-order valence-corrected chi connectivity index (χ1v) is 6.93. The first kappa shape index (κ1) is 16.6. The third-order valence-electron chi connectivity index (χ3n) is 3.12. The highest BCUT2D eigenvalue weighted by Crippen LogP contribution is 2.15. The van der Waals surface area contributed by atoms with Crippen LogP contribution in [0.25, 0.3) is 0 Å². The van der Waals surface area contributed by atoms with Crippen LogP contribution in [0.1, 0.15) is 20.3 Å². The largest absolute Gasteiger partial charge is 0.378 e. The molecule has 1 aromatic carbocycles. The Hall–Kier alpha value is -2.48. The fraction of sp³-hybridized carbons (Fsp3) is 0.375. The summed E-state index contributed by atoms with van der Waals surface area (Å²) in [4.78, 5) is 13.9. The second-order valence-corrected chi connectivity index (χ2v) is 5.04. The van der Waals surface area contributed by atoms with Crippen molar-refractivity contribution in [1.82, 2.24) is 5.32 Å². The van der Waals surface area contributed by atoms with Crippen LogP contribution in [0.5, 0.6) is 0 Å². The van der Waals surface area contributed by atoms with E-state index in [4.69, 9.17) is 5.26 Å². The molecule has 0 heterocycles. The summed E-state index contributed by atoms with van der Waals surface area (Å²) in [7, 11) is 3.94. The van der Waals surface area contributed by atoms with Crippen LogP contribution >= 0.6 is 0 Å². The highest BCUT2D eigenvalue weighted by atomic mass is 16.1. The summed E-state index contributed by atoms with van der Waals surface area (Å²) >= 11 is 0. The van der Waals surface area contributed by atoms with Gasteiger partial charge in [-0.1, -0.05) is 6.92 Å². The Morgan fingerprint density at radius 3 is 2.48 bits per heavy atom. The molecule has 21 heavy (non-hydrogen) atoms. The second-order valence-electron chi connectivity index (χ2n) is 5.04. The van der Waals surface area contributed by atoms with Crippen LogP contribution < -0.4 is 15.5 Å². The lowest BCUT2D eigenvalue weighted by Gasteiger charge is -2.13. The van der Waals surface area contributed by atoms with Gasteiger partial charge in [0, 0.05) is 37.7 Å². The summed E-state index contributed by atoms with van der Waals surface area (Å²) in [5, 5.41) is 14.8. The van der Waals surface area contributed by atoms with Gasteiger partial charge in [-0.15, -0.1) is 0 Å². The Kier molecular flexibility index (Phi) is 6.28. The summed E-state index contributed by atoms with van der Waals surface area (Å²) in [5.41, 5.74) is 1.97. The van der Waals surface area contributed by atoms with Crippen molar-refractivity contribution >= 4 is 17.3 Å². The summed E-state index contributed by atoms with van der Waals surface area (Å²) in [5.74, 6) is -0.357. The number of nitrogens with one attached hydrogen (secondary N) is 2. The average molecular weight is 286 g/mol. The highest BCUT2D eigenvalue weighted by Gasteiger charge is 2.10. The molecule has 1 unspecified atom stereocenters. The number of nitriles is 1. The molecule has 5 heteroatoms. The van der Waals surface area contributed by atoms with Crippen LogP contribution in [0.3, 0.4) is 0 Å². The lowest BCUT2D eigenvalue weighted by molar-refractivity contribution is -0.117. The Morgan fingerprint density at radius 2 is 2.00 bits per heavy atom. The molecule has 2 N–H and O–H groups in total. The van der Waals surface area contributed by atoms with Crippen molar-refractivity contribution in [3.63, 3.8) is 0 Å². The zero-order valence-corrected chi connectivity index (χ0v) is 13.0. The van der Waals surface area contributed by atoms with Gasteiger partial charge in [-0.3, -0.25) is 4.79 Å². The minimum Gasteiger partial charge on any atom is -0.378 e. The SMILES string of the molecule is CCC(C)NC(=O)/C(C#N)=C\Nc1ccc(N(C)C)cc1. The topological polar surface area (TPSA) is 68.2 Å². The zero-order valence-electron chi connectivity index (χ0n) is 13.0. The van der Waals surface area contributed by atoms with Crippen molar-refractivity contribution in [2.45, 2.75) is 26.3 Å². The molecular weight excluding hydrogens is 264 g/mol. The maximum atomic E-state index is 11.9. The van der Waals surface area contributed by atoms with Gasteiger partial charge in [0.25, 0.3) is 5.91 Å². The fourth-order valence-corrected chi connectivity index (χ4v) is 1.56. The first-order valence-electron chi connectivity index (χ1n) is 6.93. The molecule has 0 radical (unpaired) electrons. The van der Waals surface area contributed by atoms with E-state index in [9.17, 15) is 4.79 Å². The molecule has 0 spiro atoms. The molecular formula is C16H22N4O. The molecule has 0 aliphatic rings. The molecule has 112 valence electrons. The van der Waals surface area contributed by atoms with Gasteiger partial charge in [0.15, 0.2) is 0 Å². The molecule has 1 amide bonds. The summed E-state index contributed by atoms with van der Waals surface area (Å²) in [6.07, 6.45) is 2.26. The van der Waals surface area contributed by atoms with Crippen LogP contribution in [0.4, 0.5) is 11.4 Å². The van der Waals surface area contributed by atoms with Gasteiger partial charge in [-0.2, -0.15) is 5.26 Å². The number of carbonyl (C=O) groups excluding carboxylic acids is 1. The molecule has 1 rings (SSSR count). The number of nitrogens with zero attached hydrogens (tertiary/aromatic N) is 2. The van der Waals surface area contributed by atoms with Crippen LogP contribution in [-0.2, 0) is 4.79 Å². The summed E-state index contributed by atoms with van der Waals surface area (Å²) in [6, 6.07) is 9.67. The molecule has 1 atom stereocenters. The molecule has 0 saturated carbocycles. The van der Waals surface area contributed by atoms with Crippen molar-refractivity contribution in [1.29, 1.82) is 5.26 Å². The van der Waals surface area contributed by atoms with Crippen molar-refractivity contribution in [2.75, 3.05) is 24.3 Å². The van der Waals surface area contributed by atoms with Crippen molar-refractivity contribution in [2.24, 2.45) is 0 Å². The molecule has 0 fully saturated rings. The Balaban J connectivity index is 2.72. The van der Waals surface area contributed by atoms with Crippen molar-refractivity contribution < 1.29 is 4.79 Å². The van der Waals surface area contributed by atoms with Gasteiger partial charge < -0.3 is 15.5 Å². The van der Waals surface area contributed by atoms with E-state index in [-0.39, 0.29) is 17.5 Å². The smallest absolute Gasteiger partial charge is 0.263 e. The Labute approximate surface area is 126 Å². The van der Waals surface area contributed by atoms with E-state index < -0.39 is 0 Å². The number of hydrogen-bond donors (Lipinski definition) is 2. The number of hydrogen-bond acceptors (Lipinski definition) is 4. The molecule has 0 saturated heterocycles. The van der Waals surface area contributed by atoms with Gasteiger partial charge >= 0.3 is 0 Å². The number of benzene rings is 1. The molecule has 1 aromatic rings. The van der Waals surface area contributed by atoms with Crippen LogP contribution in [0.2, 0.25) is 0 Å². The van der Waals surface area contributed by atoms with Crippen LogP contribution in [0, 0.1) is 11.3 Å². The fourth-order valence-electron chi connectivity index (χ4n) is 1.56. The van der Waals surface area contributed by atoms with E-state index in [2.05, 4.69) is 10.6 Å². The van der Waals surface area contributed by atoms with Crippen molar-refractivity contribution in [3.05, 3.63) is 36.0 Å². The van der Waals surface area contributed by atoms with Gasteiger partial charge in [0.05, 0.1) is 0 Å².